The lowest BCUT2D eigenvalue weighted by Gasteiger charge is -2.04. The van der Waals surface area contributed by atoms with Gasteiger partial charge in [-0.15, -0.1) is 0 Å². The molecule has 1 aromatic rings. The van der Waals surface area contributed by atoms with E-state index in [2.05, 4.69) is 0 Å². The third-order valence-electron chi connectivity index (χ3n) is 2.15. The summed E-state index contributed by atoms with van der Waals surface area (Å²) in [5.41, 5.74) is 1.18. The van der Waals surface area contributed by atoms with E-state index in [1.165, 1.54) is 5.56 Å². The second kappa shape index (κ2) is 7.88. The molecule has 0 unspecified atom stereocenters. The van der Waals surface area contributed by atoms with Crippen LogP contribution in [0.5, 0.6) is 0 Å². The molecule has 0 spiro atoms. The molecule has 3 nitrogen and oxygen atoms in total. The summed E-state index contributed by atoms with van der Waals surface area (Å²) in [5.74, 6) is -0.190. The molecule has 0 amide bonds. The maximum atomic E-state index is 11.2. The summed E-state index contributed by atoms with van der Waals surface area (Å²) in [7, 11) is 0. The zero-order chi connectivity index (χ0) is 11.6. The first-order chi connectivity index (χ1) is 7.83. The van der Waals surface area contributed by atoms with Crippen molar-refractivity contribution < 1.29 is 14.3 Å². The molecule has 16 heavy (non-hydrogen) atoms. The molecular weight excluding hydrogens is 204 g/mol. The fourth-order valence-corrected chi connectivity index (χ4v) is 1.30. The molecule has 1 aromatic carbocycles. The molecule has 0 saturated carbocycles. The van der Waals surface area contributed by atoms with Crippen LogP contribution in [-0.2, 0) is 20.7 Å². The maximum absolute atomic E-state index is 11.2. The highest BCUT2D eigenvalue weighted by atomic mass is 16.5. The number of rotatable bonds is 7. The Bertz CT molecular complexity index is 295. The number of benzene rings is 1. The molecular formula is C13H18O3. The number of esters is 1. The summed E-state index contributed by atoms with van der Waals surface area (Å²) >= 11 is 0. The van der Waals surface area contributed by atoms with E-state index in [4.69, 9.17) is 9.47 Å². The van der Waals surface area contributed by atoms with Gasteiger partial charge in [0.15, 0.2) is 0 Å². The lowest BCUT2D eigenvalue weighted by atomic mass is 10.2. The fraction of sp³-hybridized carbons (Fsp3) is 0.462. The Hall–Kier alpha value is -1.35. The highest BCUT2D eigenvalue weighted by molar-refractivity contribution is 5.69. The molecule has 0 heterocycles. The molecule has 0 radical (unpaired) electrons. The van der Waals surface area contributed by atoms with Gasteiger partial charge in [-0.1, -0.05) is 30.3 Å². The minimum absolute atomic E-state index is 0.190. The number of carbonyl (C=O) groups excluding carboxylic acids is 1. The SMILES string of the molecule is CCOCCC(=O)OCCc1ccccc1. The molecule has 0 aliphatic carbocycles. The minimum atomic E-state index is -0.190. The Morgan fingerprint density at radius 1 is 1.19 bits per heavy atom. The van der Waals surface area contributed by atoms with Gasteiger partial charge in [0, 0.05) is 13.0 Å². The molecule has 0 aliphatic heterocycles. The second-order valence-corrected chi connectivity index (χ2v) is 3.40. The summed E-state index contributed by atoms with van der Waals surface area (Å²) in [4.78, 5) is 11.2. The van der Waals surface area contributed by atoms with Crippen molar-refractivity contribution in [2.45, 2.75) is 19.8 Å². The van der Waals surface area contributed by atoms with Crippen LogP contribution in [0.2, 0.25) is 0 Å². The van der Waals surface area contributed by atoms with Crippen LogP contribution in [-0.4, -0.2) is 25.8 Å². The molecule has 0 atom stereocenters. The van der Waals surface area contributed by atoms with E-state index in [1.807, 2.05) is 37.3 Å². The van der Waals surface area contributed by atoms with Crippen LogP contribution < -0.4 is 0 Å². The van der Waals surface area contributed by atoms with Gasteiger partial charge < -0.3 is 9.47 Å². The third-order valence-corrected chi connectivity index (χ3v) is 2.15. The third kappa shape index (κ3) is 5.51. The largest absolute Gasteiger partial charge is 0.465 e. The number of carbonyl (C=O) groups is 1. The number of hydrogen-bond donors (Lipinski definition) is 0. The standard InChI is InChI=1S/C13H18O3/c1-2-15-10-9-13(14)16-11-8-12-6-4-3-5-7-12/h3-7H,2,8-11H2,1H3. The van der Waals surface area contributed by atoms with Crippen molar-refractivity contribution in [1.82, 2.24) is 0 Å². The highest BCUT2D eigenvalue weighted by Crippen LogP contribution is 2.00. The summed E-state index contributed by atoms with van der Waals surface area (Å²) in [6.07, 6.45) is 1.10. The van der Waals surface area contributed by atoms with Gasteiger partial charge >= 0.3 is 5.97 Å². The first-order valence-electron chi connectivity index (χ1n) is 5.60. The monoisotopic (exact) mass is 222 g/mol. The predicted molar refractivity (Wildman–Crippen MR) is 62.2 cm³/mol. The van der Waals surface area contributed by atoms with Gasteiger partial charge in [-0.2, -0.15) is 0 Å². The summed E-state index contributed by atoms with van der Waals surface area (Å²) in [5, 5.41) is 0. The molecule has 0 fully saturated rings. The van der Waals surface area contributed by atoms with E-state index >= 15 is 0 Å². The minimum Gasteiger partial charge on any atom is -0.465 e. The smallest absolute Gasteiger partial charge is 0.308 e. The average Bonchev–Trinajstić information content (AvgIpc) is 2.31. The first-order valence-corrected chi connectivity index (χ1v) is 5.60. The van der Waals surface area contributed by atoms with E-state index < -0.39 is 0 Å². The van der Waals surface area contributed by atoms with Crippen molar-refractivity contribution in [3.63, 3.8) is 0 Å². The molecule has 88 valence electrons. The van der Waals surface area contributed by atoms with Gasteiger partial charge in [-0.05, 0) is 12.5 Å². The van der Waals surface area contributed by atoms with Crippen molar-refractivity contribution >= 4 is 5.97 Å². The molecule has 0 aromatic heterocycles. The van der Waals surface area contributed by atoms with Crippen molar-refractivity contribution in [3.05, 3.63) is 35.9 Å². The summed E-state index contributed by atoms with van der Waals surface area (Å²) in [6.45, 7) is 3.42. The molecule has 0 saturated heterocycles. The number of hydrogen-bond acceptors (Lipinski definition) is 3. The van der Waals surface area contributed by atoms with Crippen LogP contribution in [0.15, 0.2) is 30.3 Å². The lowest BCUT2D eigenvalue weighted by molar-refractivity contribution is -0.144. The molecule has 0 N–H and O–H groups in total. The van der Waals surface area contributed by atoms with Gasteiger partial charge in [-0.25, -0.2) is 0 Å². The van der Waals surface area contributed by atoms with E-state index in [-0.39, 0.29) is 5.97 Å². The van der Waals surface area contributed by atoms with Crippen molar-refractivity contribution in [3.8, 4) is 0 Å². The van der Waals surface area contributed by atoms with Crippen molar-refractivity contribution in [2.75, 3.05) is 19.8 Å². The fourth-order valence-electron chi connectivity index (χ4n) is 1.30. The van der Waals surface area contributed by atoms with Crippen LogP contribution >= 0.6 is 0 Å². The van der Waals surface area contributed by atoms with Gasteiger partial charge in [0.1, 0.15) is 0 Å². The quantitative estimate of drug-likeness (QED) is 0.524. The van der Waals surface area contributed by atoms with Crippen molar-refractivity contribution in [2.24, 2.45) is 0 Å². The Labute approximate surface area is 96.4 Å². The van der Waals surface area contributed by atoms with E-state index in [0.29, 0.717) is 26.2 Å². The van der Waals surface area contributed by atoms with E-state index in [1.54, 1.807) is 0 Å². The van der Waals surface area contributed by atoms with Crippen LogP contribution in [0.4, 0.5) is 0 Å². The van der Waals surface area contributed by atoms with Crippen molar-refractivity contribution in [1.29, 1.82) is 0 Å². The number of ether oxygens (including phenoxy) is 2. The summed E-state index contributed by atoms with van der Waals surface area (Å²) < 4.78 is 10.1. The molecule has 3 heteroatoms. The highest BCUT2D eigenvalue weighted by Gasteiger charge is 2.02. The average molecular weight is 222 g/mol. The van der Waals surface area contributed by atoms with Crippen LogP contribution in [0.3, 0.4) is 0 Å². The summed E-state index contributed by atoms with van der Waals surface area (Å²) in [6, 6.07) is 9.97. The predicted octanol–water partition coefficient (Wildman–Crippen LogP) is 2.20. The normalized spacial score (nSPS) is 10.1. The topological polar surface area (TPSA) is 35.5 Å². The van der Waals surface area contributed by atoms with Gasteiger partial charge in [-0.3, -0.25) is 4.79 Å². The Morgan fingerprint density at radius 3 is 2.62 bits per heavy atom. The maximum Gasteiger partial charge on any atom is 0.308 e. The van der Waals surface area contributed by atoms with E-state index in [0.717, 1.165) is 6.42 Å². The van der Waals surface area contributed by atoms with Gasteiger partial charge in [0.05, 0.1) is 19.6 Å². The second-order valence-electron chi connectivity index (χ2n) is 3.40. The van der Waals surface area contributed by atoms with E-state index in [9.17, 15) is 4.79 Å². The zero-order valence-electron chi connectivity index (χ0n) is 9.65. The van der Waals surface area contributed by atoms with Gasteiger partial charge in [0.25, 0.3) is 0 Å². The van der Waals surface area contributed by atoms with Crippen LogP contribution in [0, 0.1) is 0 Å². The Morgan fingerprint density at radius 2 is 1.94 bits per heavy atom. The first kappa shape index (κ1) is 12.7. The van der Waals surface area contributed by atoms with Crippen LogP contribution in [0.25, 0.3) is 0 Å². The zero-order valence-corrected chi connectivity index (χ0v) is 9.65. The Balaban J connectivity index is 2.09. The molecule has 0 bridgehead atoms. The van der Waals surface area contributed by atoms with Crippen LogP contribution in [0.1, 0.15) is 18.9 Å². The van der Waals surface area contributed by atoms with Gasteiger partial charge in [0.2, 0.25) is 0 Å². The molecule has 1 rings (SSSR count). The Kier molecular flexibility index (Phi) is 6.26. The molecule has 0 aliphatic rings. The lowest BCUT2D eigenvalue weighted by Crippen LogP contribution is -2.10.